The number of nitrogens with zero attached hydrogens (tertiary/aromatic N) is 1. The maximum atomic E-state index is 4.98. The molecule has 1 aromatic carbocycles. The van der Waals surface area contributed by atoms with E-state index in [1.165, 1.54) is 0 Å². The molecule has 0 unspecified atom stereocenters. The molecule has 0 saturated heterocycles. The molecule has 0 aliphatic heterocycles. The Labute approximate surface area is 65.9 Å². The van der Waals surface area contributed by atoms with Crippen LogP contribution in [0, 0.1) is 0 Å². The van der Waals surface area contributed by atoms with Crippen LogP contribution in [-0.2, 0) is 0 Å². The van der Waals surface area contributed by atoms with Gasteiger partial charge in [-0.15, -0.1) is 0 Å². The quantitative estimate of drug-likeness (QED) is 0.374. The summed E-state index contributed by atoms with van der Waals surface area (Å²) in [4.78, 5) is 0. The lowest BCUT2D eigenvalue weighted by Gasteiger charge is -1.98. The van der Waals surface area contributed by atoms with Crippen LogP contribution < -0.4 is 11.2 Å². The molecule has 0 amide bonds. The number of anilines is 1. The summed E-state index contributed by atoms with van der Waals surface area (Å²) < 4.78 is 0. The molecule has 11 heavy (non-hydrogen) atoms. The zero-order valence-corrected chi connectivity index (χ0v) is 6.41. The molecule has 0 aromatic heterocycles. The smallest absolute Gasteiger partial charge is 0.0538 e. The van der Waals surface area contributed by atoms with Crippen LogP contribution in [0.4, 0.5) is 5.69 Å². The molecule has 3 N–H and O–H groups in total. The summed E-state index contributed by atoms with van der Waals surface area (Å²) in [7, 11) is 1.88. The predicted octanol–water partition coefficient (Wildman–Crippen LogP) is 1.02. The molecule has 0 saturated carbocycles. The van der Waals surface area contributed by atoms with Crippen molar-refractivity contribution < 1.29 is 0 Å². The van der Waals surface area contributed by atoms with Gasteiger partial charge in [-0.2, -0.15) is 5.10 Å². The Kier molecular flexibility index (Phi) is 2.49. The van der Waals surface area contributed by atoms with Gasteiger partial charge < -0.3 is 11.2 Å². The number of hydrogen-bond acceptors (Lipinski definition) is 3. The first-order chi connectivity index (χ1) is 5.36. The number of nitrogens with one attached hydrogen (secondary N) is 1. The number of rotatable bonds is 2. The van der Waals surface area contributed by atoms with E-state index in [1.54, 1.807) is 6.21 Å². The molecule has 0 atom stereocenters. The molecule has 1 aromatic rings. The van der Waals surface area contributed by atoms with Crippen LogP contribution >= 0.6 is 0 Å². The van der Waals surface area contributed by atoms with Gasteiger partial charge >= 0.3 is 0 Å². The molecule has 0 aliphatic rings. The highest BCUT2D eigenvalue weighted by Crippen LogP contribution is 2.06. The molecule has 0 radical (unpaired) electrons. The van der Waals surface area contributed by atoms with Crippen LogP contribution in [0.25, 0.3) is 0 Å². The van der Waals surface area contributed by atoms with Crippen molar-refractivity contribution in [3.63, 3.8) is 0 Å². The average Bonchev–Trinajstić information content (AvgIpc) is 2.07. The van der Waals surface area contributed by atoms with Gasteiger partial charge in [0, 0.05) is 12.7 Å². The Bertz CT molecular complexity index is 238. The zero-order valence-electron chi connectivity index (χ0n) is 6.41. The molecule has 0 spiro atoms. The highest BCUT2D eigenvalue weighted by Gasteiger charge is 1.87. The van der Waals surface area contributed by atoms with Crippen molar-refractivity contribution in [2.24, 2.45) is 10.9 Å². The van der Waals surface area contributed by atoms with E-state index in [4.69, 9.17) is 5.84 Å². The summed E-state index contributed by atoms with van der Waals surface area (Å²) >= 11 is 0. The van der Waals surface area contributed by atoms with E-state index in [1.807, 2.05) is 31.3 Å². The summed E-state index contributed by atoms with van der Waals surface area (Å²) in [6, 6.07) is 7.83. The normalized spacial score (nSPS) is 10.3. The van der Waals surface area contributed by atoms with Crippen molar-refractivity contribution in [3.8, 4) is 0 Å². The van der Waals surface area contributed by atoms with Crippen molar-refractivity contribution in [2.45, 2.75) is 0 Å². The first-order valence-corrected chi connectivity index (χ1v) is 3.38. The number of hydrazone groups is 1. The van der Waals surface area contributed by atoms with E-state index in [0.29, 0.717) is 0 Å². The van der Waals surface area contributed by atoms with Gasteiger partial charge in [-0.05, 0) is 17.7 Å². The zero-order chi connectivity index (χ0) is 8.10. The maximum Gasteiger partial charge on any atom is 0.0538 e. The fourth-order valence-electron chi connectivity index (χ4n) is 0.822. The van der Waals surface area contributed by atoms with E-state index in [9.17, 15) is 0 Å². The van der Waals surface area contributed by atoms with Crippen LogP contribution in [0.15, 0.2) is 29.4 Å². The van der Waals surface area contributed by atoms with Crippen molar-refractivity contribution in [3.05, 3.63) is 29.8 Å². The van der Waals surface area contributed by atoms with Crippen molar-refractivity contribution in [1.29, 1.82) is 0 Å². The Morgan fingerprint density at radius 1 is 1.36 bits per heavy atom. The van der Waals surface area contributed by atoms with Gasteiger partial charge in [0.2, 0.25) is 0 Å². The van der Waals surface area contributed by atoms with Crippen LogP contribution in [0.3, 0.4) is 0 Å². The lowest BCUT2D eigenvalue weighted by molar-refractivity contribution is 1.26. The van der Waals surface area contributed by atoms with Crippen molar-refractivity contribution >= 4 is 11.9 Å². The molecule has 0 bridgehead atoms. The second-order valence-electron chi connectivity index (χ2n) is 2.15. The second kappa shape index (κ2) is 3.61. The van der Waals surface area contributed by atoms with Crippen molar-refractivity contribution in [1.82, 2.24) is 0 Å². The third-order valence-electron chi connectivity index (χ3n) is 1.42. The number of hydrogen-bond donors (Lipinski definition) is 2. The van der Waals surface area contributed by atoms with E-state index >= 15 is 0 Å². The van der Waals surface area contributed by atoms with Gasteiger partial charge in [0.15, 0.2) is 0 Å². The first-order valence-electron chi connectivity index (χ1n) is 3.38. The molecule has 3 heteroatoms. The van der Waals surface area contributed by atoms with Gasteiger partial charge in [0.1, 0.15) is 0 Å². The second-order valence-corrected chi connectivity index (χ2v) is 2.15. The molecule has 0 heterocycles. The Morgan fingerprint density at radius 3 is 2.45 bits per heavy atom. The van der Waals surface area contributed by atoms with Crippen LogP contribution in [0.5, 0.6) is 0 Å². The van der Waals surface area contributed by atoms with E-state index in [2.05, 4.69) is 10.4 Å². The topological polar surface area (TPSA) is 50.4 Å². The average molecular weight is 149 g/mol. The van der Waals surface area contributed by atoms with Crippen LogP contribution in [-0.4, -0.2) is 13.3 Å². The third-order valence-corrected chi connectivity index (χ3v) is 1.42. The monoisotopic (exact) mass is 149 g/mol. The molecule has 0 aliphatic carbocycles. The highest BCUT2D eigenvalue weighted by molar-refractivity contribution is 5.79. The van der Waals surface area contributed by atoms with E-state index in [0.717, 1.165) is 11.3 Å². The summed E-state index contributed by atoms with van der Waals surface area (Å²) in [5, 5.41) is 6.44. The summed E-state index contributed by atoms with van der Waals surface area (Å²) in [5.74, 6) is 4.98. The van der Waals surface area contributed by atoms with Gasteiger partial charge in [0.25, 0.3) is 0 Å². The van der Waals surface area contributed by atoms with Gasteiger partial charge in [0.05, 0.1) is 6.21 Å². The number of nitrogens with two attached hydrogens (primary N) is 1. The fraction of sp³-hybridized carbons (Fsp3) is 0.125. The minimum Gasteiger partial charge on any atom is -0.388 e. The summed E-state index contributed by atoms with van der Waals surface area (Å²) in [6.07, 6.45) is 1.61. The Hall–Kier alpha value is -1.51. The largest absolute Gasteiger partial charge is 0.388 e. The Morgan fingerprint density at radius 2 is 2.00 bits per heavy atom. The highest BCUT2D eigenvalue weighted by atomic mass is 15.1. The van der Waals surface area contributed by atoms with Gasteiger partial charge in [-0.25, -0.2) is 0 Å². The van der Waals surface area contributed by atoms with Gasteiger partial charge in [-0.1, -0.05) is 12.1 Å². The fourth-order valence-corrected chi connectivity index (χ4v) is 0.822. The molecular weight excluding hydrogens is 138 g/mol. The van der Waals surface area contributed by atoms with Crippen LogP contribution in [0.1, 0.15) is 5.56 Å². The van der Waals surface area contributed by atoms with E-state index in [-0.39, 0.29) is 0 Å². The molecule has 1 rings (SSSR count). The maximum absolute atomic E-state index is 4.98. The van der Waals surface area contributed by atoms with Gasteiger partial charge in [-0.3, -0.25) is 0 Å². The molecular formula is C8H11N3. The standard InChI is InChI=1S/C8H11N3/c1-10-8-4-2-7(3-5-8)6-11-9/h2-6,10H,9H2,1H3/b11-6-. The van der Waals surface area contributed by atoms with E-state index < -0.39 is 0 Å². The van der Waals surface area contributed by atoms with Crippen molar-refractivity contribution in [2.75, 3.05) is 12.4 Å². The Balaban J connectivity index is 2.82. The third kappa shape index (κ3) is 1.97. The molecule has 58 valence electrons. The predicted molar refractivity (Wildman–Crippen MR) is 47.8 cm³/mol. The summed E-state index contributed by atoms with van der Waals surface area (Å²) in [5.41, 5.74) is 2.09. The summed E-state index contributed by atoms with van der Waals surface area (Å²) in [6.45, 7) is 0. The first kappa shape index (κ1) is 7.60. The minimum absolute atomic E-state index is 1.01. The SMILES string of the molecule is CNc1ccc(/C=N\N)cc1. The molecule has 3 nitrogen and oxygen atoms in total. The lowest BCUT2D eigenvalue weighted by Crippen LogP contribution is -1.89. The van der Waals surface area contributed by atoms with Crippen LogP contribution in [0.2, 0.25) is 0 Å². The lowest BCUT2D eigenvalue weighted by atomic mass is 10.2. The molecule has 0 fully saturated rings. The minimum atomic E-state index is 1.01. The number of benzene rings is 1.